The highest BCUT2D eigenvalue weighted by atomic mass is 16.3. The fourth-order valence-electron chi connectivity index (χ4n) is 4.04. The SMILES string of the molecule is O=c1[nH]c(=O)n(-c2ccccc2)c(O)c1[C@H]1NCCc2c1[nH]c1ccccc21. The zero-order valence-electron chi connectivity index (χ0n) is 14.9. The number of H-pyrrole nitrogens is 2. The first kappa shape index (κ1) is 16.6. The van der Waals surface area contributed by atoms with Crippen molar-refractivity contribution in [2.24, 2.45) is 0 Å². The molecule has 4 aromatic rings. The highest BCUT2D eigenvalue weighted by Crippen LogP contribution is 2.35. The van der Waals surface area contributed by atoms with Gasteiger partial charge >= 0.3 is 5.69 Å². The number of benzene rings is 2. The maximum Gasteiger partial charge on any atom is 0.335 e. The second-order valence-corrected chi connectivity index (χ2v) is 6.87. The van der Waals surface area contributed by atoms with Crippen LogP contribution in [-0.2, 0) is 6.42 Å². The highest BCUT2D eigenvalue weighted by molar-refractivity contribution is 5.85. The highest BCUT2D eigenvalue weighted by Gasteiger charge is 2.31. The van der Waals surface area contributed by atoms with Crippen LogP contribution >= 0.6 is 0 Å². The van der Waals surface area contributed by atoms with Crippen molar-refractivity contribution >= 4 is 10.9 Å². The first-order valence-corrected chi connectivity index (χ1v) is 9.11. The van der Waals surface area contributed by atoms with Crippen LogP contribution in [0.1, 0.15) is 22.9 Å². The molecule has 1 aliphatic rings. The molecule has 0 saturated carbocycles. The number of aromatic nitrogens is 3. The predicted octanol–water partition coefficient (Wildman–Crippen LogP) is 1.95. The molecule has 0 unspecified atom stereocenters. The summed E-state index contributed by atoms with van der Waals surface area (Å²) < 4.78 is 1.12. The number of fused-ring (bicyclic) bond motifs is 3. The molecule has 0 spiro atoms. The van der Waals surface area contributed by atoms with Gasteiger partial charge in [0.1, 0.15) is 5.56 Å². The average molecular weight is 374 g/mol. The van der Waals surface area contributed by atoms with Crippen LogP contribution in [0.4, 0.5) is 0 Å². The Balaban J connectivity index is 1.76. The molecule has 0 amide bonds. The van der Waals surface area contributed by atoms with E-state index in [4.69, 9.17) is 0 Å². The molecule has 0 aliphatic carbocycles. The number of aromatic amines is 2. The summed E-state index contributed by atoms with van der Waals surface area (Å²) in [5, 5.41) is 15.4. The fourth-order valence-corrected chi connectivity index (χ4v) is 4.04. The lowest BCUT2D eigenvalue weighted by Gasteiger charge is -2.25. The van der Waals surface area contributed by atoms with Crippen molar-refractivity contribution in [2.75, 3.05) is 6.54 Å². The van der Waals surface area contributed by atoms with E-state index in [1.165, 1.54) is 0 Å². The number of rotatable bonds is 2. The van der Waals surface area contributed by atoms with Gasteiger partial charge < -0.3 is 15.4 Å². The normalized spacial score (nSPS) is 16.2. The Hall–Kier alpha value is -3.58. The lowest BCUT2D eigenvalue weighted by atomic mass is 9.95. The fraction of sp³-hybridized carbons (Fsp3) is 0.143. The van der Waals surface area contributed by atoms with Gasteiger partial charge in [0.05, 0.1) is 11.7 Å². The van der Waals surface area contributed by atoms with E-state index in [0.717, 1.165) is 33.1 Å². The zero-order valence-corrected chi connectivity index (χ0v) is 14.9. The van der Waals surface area contributed by atoms with E-state index in [9.17, 15) is 14.7 Å². The van der Waals surface area contributed by atoms with Crippen molar-refractivity contribution in [3.05, 3.63) is 92.3 Å². The summed E-state index contributed by atoms with van der Waals surface area (Å²) >= 11 is 0. The number of aromatic hydroxyl groups is 1. The van der Waals surface area contributed by atoms with E-state index in [2.05, 4.69) is 15.3 Å². The van der Waals surface area contributed by atoms with Crippen LogP contribution in [0.5, 0.6) is 5.88 Å². The molecular weight excluding hydrogens is 356 g/mol. The third-order valence-electron chi connectivity index (χ3n) is 5.28. The van der Waals surface area contributed by atoms with E-state index >= 15 is 0 Å². The molecule has 3 heterocycles. The molecule has 0 bridgehead atoms. The predicted molar refractivity (Wildman–Crippen MR) is 106 cm³/mol. The van der Waals surface area contributed by atoms with Crippen molar-refractivity contribution in [2.45, 2.75) is 12.5 Å². The summed E-state index contributed by atoms with van der Waals surface area (Å²) in [5.74, 6) is -0.357. The molecule has 140 valence electrons. The van der Waals surface area contributed by atoms with Gasteiger partial charge in [0.25, 0.3) is 5.56 Å². The molecule has 7 nitrogen and oxygen atoms in total. The number of para-hydroxylation sites is 2. The third-order valence-corrected chi connectivity index (χ3v) is 5.28. The number of hydrogen-bond donors (Lipinski definition) is 4. The molecule has 0 radical (unpaired) electrons. The largest absolute Gasteiger partial charge is 0.494 e. The summed E-state index contributed by atoms with van der Waals surface area (Å²) in [6.45, 7) is 0.656. The molecule has 2 aromatic carbocycles. The second kappa shape index (κ2) is 6.24. The molecule has 7 heteroatoms. The van der Waals surface area contributed by atoms with Gasteiger partial charge in [-0.15, -0.1) is 0 Å². The lowest BCUT2D eigenvalue weighted by molar-refractivity contribution is 0.410. The van der Waals surface area contributed by atoms with Gasteiger partial charge in [-0.2, -0.15) is 0 Å². The van der Waals surface area contributed by atoms with Crippen LogP contribution in [0.15, 0.2) is 64.2 Å². The quantitative estimate of drug-likeness (QED) is 0.431. The molecule has 0 saturated heterocycles. The van der Waals surface area contributed by atoms with Crippen LogP contribution in [0.3, 0.4) is 0 Å². The molecular formula is C21H18N4O3. The van der Waals surface area contributed by atoms with Crippen molar-refractivity contribution in [1.29, 1.82) is 0 Å². The standard InChI is InChI=1S/C21H18N4O3/c26-19-16(20(27)25(21(28)24-19)12-6-2-1-3-7-12)18-17-14(10-11-22-18)13-8-4-5-9-15(13)23-17/h1-9,18,22-23,27H,10-11H2,(H,24,26,28)/t18-/m1/s1. The number of nitrogens with one attached hydrogen (secondary N) is 3. The van der Waals surface area contributed by atoms with Gasteiger partial charge in [-0.25, -0.2) is 9.36 Å². The maximum absolute atomic E-state index is 12.7. The molecule has 1 aliphatic heterocycles. The molecule has 4 N–H and O–H groups in total. The van der Waals surface area contributed by atoms with Crippen LogP contribution < -0.4 is 16.6 Å². The lowest BCUT2D eigenvalue weighted by Crippen LogP contribution is -2.38. The van der Waals surface area contributed by atoms with E-state index in [1.54, 1.807) is 24.3 Å². The summed E-state index contributed by atoms with van der Waals surface area (Å²) in [5.41, 5.74) is 2.27. The van der Waals surface area contributed by atoms with Gasteiger partial charge in [0.2, 0.25) is 5.88 Å². The minimum absolute atomic E-state index is 0.121. The summed E-state index contributed by atoms with van der Waals surface area (Å²) in [6, 6.07) is 16.2. The van der Waals surface area contributed by atoms with Crippen LogP contribution in [0, 0.1) is 0 Å². The smallest absolute Gasteiger partial charge is 0.335 e. The summed E-state index contributed by atoms with van der Waals surface area (Å²) in [6.07, 6.45) is 0.812. The monoisotopic (exact) mass is 374 g/mol. The number of hydrogen-bond acceptors (Lipinski definition) is 4. The van der Waals surface area contributed by atoms with Gasteiger partial charge in [0, 0.05) is 23.1 Å². The average Bonchev–Trinajstić information content (AvgIpc) is 3.08. The Morgan fingerprint density at radius 1 is 0.964 bits per heavy atom. The second-order valence-electron chi connectivity index (χ2n) is 6.87. The molecule has 28 heavy (non-hydrogen) atoms. The molecule has 2 aromatic heterocycles. The van der Waals surface area contributed by atoms with E-state index < -0.39 is 17.3 Å². The maximum atomic E-state index is 12.7. The molecule has 0 fully saturated rings. The van der Waals surface area contributed by atoms with Crippen molar-refractivity contribution < 1.29 is 5.11 Å². The van der Waals surface area contributed by atoms with Gasteiger partial charge in [-0.3, -0.25) is 9.78 Å². The Morgan fingerprint density at radius 2 is 1.71 bits per heavy atom. The van der Waals surface area contributed by atoms with Crippen LogP contribution in [-0.4, -0.2) is 26.2 Å². The number of nitrogens with zero attached hydrogens (tertiary/aromatic N) is 1. The first-order chi connectivity index (χ1) is 13.6. The third kappa shape index (κ3) is 2.40. The topological polar surface area (TPSA) is 103 Å². The van der Waals surface area contributed by atoms with Crippen molar-refractivity contribution in [3.63, 3.8) is 0 Å². The minimum Gasteiger partial charge on any atom is -0.494 e. The Bertz CT molecular complexity index is 1300. The van der Waals surface area contributed by atoms with E-state index in [0.29, 0.717) is 12.2 Å². The van der Waals surface area contributed by atoms with Crippen molar-refractivity contribution in [1.82, 2.24) is 19.9 Å². The first-order valence-electron chi connectivity index (χ1n) is 9.11. The zero-order chi connectivity index (χ0) is 19.3. The Labute approximate surface area is 159 Å². The minimum atomic E-state index is -0.676. The Morgan fingerprint density at radius 3 is 2.54 bits per heavy atom. The molecule has 5 rings (SSSR count). The van der Waals surface area contributed by atoms with Crippen LogP contribution in [0.2, 0.25) is 0 Å². The molecule has 1 atom stereocenters. The summed E-state index contributed by atoms with van der Waals surface area (Å²) in [4.78, 5) is 30.8. The van der Waals surface area contributed by atoms with E-state index in [-0.39, 0.29) is 11.4 Å². The van der Waals surface area contributed by atoms with Crippen molar-refractivity contribution in [3.8, 4) is 11.6 Å². The summed E-state index contributed by atoms with van der Waals surface area (Å²) in [7, 11) is 0. The van der Waals surface area contributed by atoms with Gasteiger partial charge in [-0.05, 0) is 30.2 Å². The van der Waals surface area contributed by atoms with Gasteiger partial charge in [0.15, 0.2) is 0 Å². The van der Waals surface area contributed by atoms with Gasteiger partial charge in [-0.1, -0.05) is 36.4 Å². The van der Waals surface area contributed by atoms with Crippen LogP contribution in [0.25, 0.3) is 16.6 Å². The van der Waals surface area contributed by atoms with E-state index in [1.807, 2.05) is 30.3 Å². The Kier molecular flexibility index (Phi) is 3.70.